The van der Waals surface area contributed by atoms with Crippen molar-refractivity contribution in [3.8, 4) is 40.2 Å². The number of fused-ring (bicyclic) bond motifs is 2. The summed E-state index contributed by atoms with van der Waals surface area (Å²) >= 11 is 2.34. The first-order valence-corrected chi connectivity index (χ1v) is 18.6. The molecule has 0 fully saturated rings. The minimum absolute atomic E-state index is 0.00714. The Balaban J connectivity index is 1.48. The second kappa shape index (κ2) is 14.2. The summed E-state index contributed by atoms with van der Waals surface area (Å²) in [5.74, 6) is 3.70. The van der Waals surface area contributed by atoms with Crippen LogP contribution in [0.3, 0.4) is 0 Å². The number of nitrogens with zero attached hydrogens (tertiary/aromatic N) is 2. The molecule has 0 aliphatic carbocycles. The Kier molecular flexibility index (Phi) is 9.86. The molecule has 51 heavy (non-hydrogen) atoms. The molecule has 0 saturated carbocycles. The second-order valence-electron chi connectivity index (χ2n) is 14.1. The number of aliphatic carboxylic acids is 1. The molecular weight excluding hydrogens is 759 g/mol. The zero-order chi connectivity index (χ0) is 36.0. The van der Waals surface area contributed by atoms with Crippen LogP contribution in [0.1, 0.15) is 58.8 Å². The molecule has 4 aromatic rings. The van der Waals surface area contributed by atoms with Crippen LogP contribution >= 0.6 is 22.6 Å². The van der Waals surface area contributed by atoms with E-state index < -0.39 is 12.0 Å². The fourth-order valence-corrected chi connectivity index (χ4v) is 9.24. The summed E-state index contributed by atoms with van der Waals surface area (Å²) in [6, 6.07) is 19.7. The third-order valence-corrected chi connectivity index (χ3v) is 12.3. The van der Waals surface area contributed by atoms with Gasteiger partial charge in [0.05, 0.1) is 44.5 Å². The minimum Gasteiger partial charge on any atom is -0.544 e. The fourth-order valence-electron chi connectivity index (χ4n) is 8.47. The van der Waals surface area contributed by atoms with Crippen molar-refractivity contribution in [1.82, 2.24) is 4.90 Å². The zero-order valence-corrected chi connectivity index (χ0v) is 32.2. The van der Waals surface area contributed by atoms with Crippen LogP contribution in [-0.4, -0.2) is 69.9 Å². The Morgan fingerprint density at radius 1 is 0.902 bits per heavy atom. The van der Waals surface area contributed by atoms with Gasteiger partial charge >= 0.3 is 0 Å². The Labute approximate surface area is 313 Å². The Hall–Kier alpha value is -4.00. The lowest BCUT2D eigenvalue weighted by Gasteiger charge is -2.50. The van der Waals surface area contributed by atoms with Gasteiger partial charge in [0.25, 0.3) is 0 Å². The third-order valence-electron chi connectivity index (χ3n) is 11.3. The maximum atomic E-state index is 12.7. The Morgan fingerprint density at radius 2 is 1.59 bits per heavy atom. The van der Waals surface area contributed by atoms with Crippen LogP contribution in [0.25, 0.3) is 0 Å². The number of hydrogen-bond donors (Lipinski definition) is 0. The highest BCUT2D eigenvalue weighted by Gasteiger charge is 2.45. The molecule has 10 heteroatoms. The van der Waals surface area contributed by atoms with Gasteiger partial charge in [0.1, 0.15) is 29.3 Å². The normalized spacial score (nSPS) is 21.6. The molecule has 0 spiro atoms. The van der Waals surface area contributed by atoms with Gasteiger partial charge in [-0.2, -0.15) is 0 Å². The topological polar surface area (TPSA) is 89.5 Å². The molecular formula is C41H45IN2O7. The summed E-state index contributed by atoms with van der Waals surface area (Å²) in [5, 5.41) is 12.7. The van der Waals surface area contributed by atoms with Crippen molar-refractivity contribution in [3.05, 3.63) is 97.6 Å². The molecule has 4 atom stereocenters. The maximum Gasteiger partial charge on any atom is 0.169 e. The molecule has 9 nitrogen and oxygen atoms in total. The van der Waals surface area contributed by atoms with Crippen molar-refractivity contribution in [2.24, 2.45) is 0 Å². The summed E-state index contributed by atoms with van der Waals surface area (Å²) in [5.41, 5.74) is 6.66. The van der Waals surface area contributed by atoms with Gasteiger partial charge in [-0.05, 0) is 107 Å². The summed E-state index contributed by atoms with van der Waals surface area (Å²) in [4.78, 5) is 15.1. The number of carboxylic acid groups (broad SMARTS) is 1. The van der Waals surface area contributed by atoms with Gasteiger partial charge in [-0.25, -0.2) is 0 Å². The van der Waals surface area contributed by atoms with E-state index in [9.17, 15) is 9.90 Å². The predicted octanol–water partition coefficient (Wildman–Crippen LogP) is 6.80. The summed E-state index contributed by atoms with van der Waals surface area (Å²) in [6.07, 6.45) is 3.33. The van der Waals surface area contributed by atoms with E-state index in [4.69, 9.17) is 23.7 Å². The molecule has 6 bridgehead atoms. The van der Waals surface area contributed by atoms with Gasteiger partial charge in [0, 0.05) is 43.0 Å². The lowest BCUT2D eigenvalue weighted by molar-refractivity contribution is -0.958. The zero-order valence-electron chi connectivity index (χ0n) is 30.1. The van der Waals surface area contributed by atoms with Crippen LogP contribution < -0.4 is 28.8 Å². The number of rotatable bonds is 6. The van der Waals surface area contributed by atoms with Gasteiger partial charge in [0.2, 0.25) is 0 Å². The van der Waals surface area contributed by atoms with Gasteiger partial charge in [-0.1, -0.05) is 25.1 Å². The molecule has 4 aliphatic rings. The number of carbonyl (C=O) groups is 1. The number of methoxy groups -OCH3 is 3. The van der Waals surface area contributed by atoms with E-state index in [0.29, 0.717) is 65.5 Å². The molecule has 0 aromatic heterocycles. The number of carboxylic acids is 1. The Morgan fingerprint density at radius 3 is 2.27 bits per heavy atom. The highest BCUT2D eigenvalue weighted by atomic mass is 127. The van der Waals surface area contributed by atoms with E-state index in [0.717, 1.165) is 55.9 Å². The predicted molar refractivity (Wildman–Crippen MR) is 201 cm³/mol. The molecule has 268 valence electrons. The first kappa shape index (κ1) is 35.4. The van der Waals surface area contributed by atoms with Crippen LogP contribution in [0.5, 0.6) is 40.2 Å². The molecule has 0 amide bonds. The van der Waals surface area contributed by atoms with Crippen molar-refractivity contribution < 1.29 is 38.1 Å². The maximum absolute atomic E-state index is 12.7. The number of hydrogen-bond acceptors (Lipinski definition) is 8. The van der Waals surface area contributed by atoms with E-state index >= 15 is 0 Å². The highest BCUT2D eigenvalue weighted by molar-refractivity contribution is 14.1. The molecule has 8 rings (SSSR count). The van der Waals surface area contributed by atoms with Crippen molar-refractivity contribution in [2.75, 3.05) is 48.5 Å². The minimum atomic E-state index is -1.03. The van der Waals surface area contributed by atoms with Crippen LogP contribution in [0.4, 0.5) is 0 Å². The first-order chi connectivity index (χ1) is 24.6. The average Bonchev–Trinajstić information content (AvgIpc) is 3.12. The molecule has 4 unspecified atom stereocenters. The molecule has 0 radical (unpaired) electrons. The number of benzene rings is 4. The number of quaternary nitrogens is 1. The van der Waals surface area contributed by atoms with Gasteiger partial charge in [-0.15, -0.1) is 0 Å². The number of ether oxygens (including phenoxy) is 5. The van der Waals surface area contributed by atoms with Crippen molar-refractivity contribution in [1.29, 1.82) is 0 Å². The largest absolute Gasteiger partial charge is 0.544 e. The SMILES string of the molecule is CCC(C(=O)[O-])[N+]1(C)CCc2cc(OC)c3cc2C1Cc1ccc(cc1)Oc1cc(ccc1OC)CC1c2c(cc(OC)c(I)c2O3)CCN1C. The lowest BCUT2D eigenvalue weighted by atomic mass is 9.84. The number of carbonyl (C=O) groups excluding carboxylic acids is 1. The van der Waals surface area contributed by atoms with Crippen LogP contribution in [0.15, 0.2) is 60.7 Å². The van der Waals surface area contributed by atoms with E-state index in [-0.39, 0.29) is 12.1 Å². The number of halogens is 1. The molecule has 0 saturated heterocycles. The summed E-state index contributed by atoms with van der Waals surface area (Å²) < 4.78 is 32.4. The summed E-state index contributed by atoms with van der Waals surface area (Å²) in [6.45, 7) is 3.46. The standard InChI is InChI=1S/C41H45IN2O7/c1-7-31(41(45)46)44(3)17-15-26-21-34(48-5)36-23-29(26)32(44)19-24-8-11-28(12-9-24)50-35-20-25(10-13-33(35)47-4)18-30-38-27(14-16-43(30)2)22-37(49-6)39(42)40(38)51-36/h8-13,20-23,30-32H,7,14-19H2,1-6H3. The van der Waals surface area contributed by atoms with Gasteiger partial charge in [-0.3, -0.25) is 4.90 Å². The third kappa shape index (κ3) is 6.40. The van der Waals surface area contributed by atoms with E-state index in [2.05, 4.69) is 84.1 Å². The highest BCUT2D eigenvalue weighted by Crippen LogP contribution is 2.50. The quantitative estimate of drug-likeness (QED) is 0.156. The van der Waals surface area contributed by atoms with Crippen LogP contribution in [0, 0.1) is 3.57 Å². The average molecular weight is 805 g/mol. The molecule has 4 aromatic carbocycles. The lowest BCUT2D eigenvalue weighted by Crippen LogP contribution is -2.63. The van der Waals surface area contributed by atoms with E-state index in [1.165, 1.54) is 5.56 Å². The van der Waals surface area contributed by atoms with Crippen LogP contribution in [-0.2, 0) is 30.5 Å². The molecule has 4 heterocycles. The van der Waals surface area contributed by atoms with Crippen molar-refractivity contribution in [3.63, 3.8) is 0 Å². The number of likely N-dealkylation sites (N-methyl/N-ethyl adjacent to an activating group) is 2. The first-order valence-electron chi connectivity index (χ1n) is 17.6. The van der Waals surface area contributed by atoms with E-state index in [1.807, 2.05) is 25.1 Å². The fraction of sp³-hybridized carbons (Fsp3) is 0.390. The van der Waals surface area contributed by atoms with Gasteiger partial charge < -0.3 is 38.1 Å². The molecule has 4 aliphatic heterocycles. The summed E-state index contributed by atoms with van der Waals surface area (Å²) in [7, 11) is 9.24. The van der Waals surface area contributed by atoms with E-state index in [1.54, 1.807) is 21.3 Å². The second-order valence-corrected chi connectivity index (χ2v) is 15.1. The van der Waals surface area contributed by atoms with Crippen molar-refractivity contribution in [2.45, 2.75) is 57.2 Å². The van der Waals surface area contributed by atoms with Crippen LogP contribution in [0.2, 0.25) is 0 Å². The molecule has 0 N–H and O–H groups in total. The van der Waals surface area contributed by atoms with Crippen molar-refractivity contribution >= 4 is 28.6 Å². The Bertz CT molecular complexity index is 1970. The monoisotopic (exact) mass is 804 g/mol. The van der Waals surface area contributed by atoms with Gasteiger partial charge in [0.15, 0.2) is 23.0 Å². The smallest absolute Gasteiger partial charge is 0.169 e.